The molecular formula is C17H14F4N2O3. The Labute approximate surface area is 145 Å². The molecule has 0 aliphatic heterocycles. The van der Waals surface area contributed by atoms with E-state index in [0.29, 0.717) is 5.56 Å². The van der Waals surface area contributed by atoms with E-state index in [1.165, 1.54) is 48.8 Å². The Morgan fingerprint density at radius 1 is 1.15 bits per heavy atom. The van der Waals surface area contributed by atoms with E-state index >= 15 is 0 Å². The van der Waals surface area contributed by atoms with Gasteiger partial charge in [0.1, 0.15) is 11.5 Å². The second-order valence-electron chi connectivity index (χ2n) is 5.54. The number of carbonyl (C=O) groups is 2. The normalized spacial score (nSPS) is 12.5. The summed E-state index contributed by atoms with van der Waals surface area (Å²) in [5.41, 5.74) is -0.990. The fraction of sp³-hybridized carbons (Fsp3) is 0.235. The molecule has 0 fully saturated rings. The Bertz CT molecular complexity index is 873. The smallest absolute Gasteiger partial charge is 0.314 e. The molecule has 9 heteroatoms. The van der Waals surface area contributed by atoms with Crippen molar-refractivity contribution in [1.82, 2.24) is 4.57 Å². The summed E-state index contributed by atoms with van der Waals surface area (Å²) in [4.78, 5) is 35.4. The number of halogens is 4. The Kier molecular flexibility index (Phi) is 5.59. The van der Waals surface area contributed by atoms with Crippen LogP contribution in [0.15, 0.2) is 47.4 Å². The molecule has 5 nitrogen and oxygen atoms in total. The van der Waals surface area contributed by atoms with E-state index in [1.807, 2.05) is 0 Å². The molecule has 2 aromatic rings. The predicted molar refractivity (Wildman–Crippen MR) is 85.2 cm³/mol. The molecule has 0 radical (unpaired) electrons. The van der Waals surface area contributed by atoms with E-state index < -0.39 is 41.0 Å². The highest BCUT2D eigenvalue weighted by atomic mass is 19.4. The Morgan fingerprint density at radius 2 is 1.77 bits per heavy atom. The zero-order chi connectivity index (χ0) is 19.5. The summed E-state index contributed by atoms with van der Waals surface area (Å²) >= 11 is 0. The second-order valence-corrected chi connectivity index (χ2v) is 5.54. The van der Waals surface area contributed by atoms with Crippen LogP contribution in [-0.2, 0) is 16.0 Å². The van der Waals surface area contributed by atoms with Gasteiger partial charge in [0.15, 0.2) is 5.78 Å². The number of hydrogen-bond donors (Lipinski definition) is 1. The van der Waals surface area contributed by atoms with Gasteiger partial charge in [0.2, 0.25) is 0 Å². The lowest BCUT2D eigenvalue weighted by atomic mass is 10.0. The van der Waals surface area contributed by atoms with Crippen molar-refractivity contribution in [3.05, 3.63) is 64.3 Å². The van der Waals surface area contributed by atoms with Crippen molar-refractivity contribution >= 4 is 17.4 Å². The van der Waals surface area contributed by atoms with Crippen LogP contribution in [-0.4, -0.2) is 22.4 Å². The third kappa shape index (κ3) is 4.56. The minimum Gasteiger partial charge on any atom is -0.314 e. The average molecular weight is 370 g/mol. The Morgan fingerprint density at radius 3 is 2.31 bits per heavy atom. The van der Waals surface area contributed by atoms with Gasteiger partial charge in [-0.25, -0.2) is 4.39 Å². The number of alkyl halides is 3. The molecule has 1 aromatic carbocycles. The van der Waals surface area contributed by atoms with Crippen LogP contribution in [0.4, 0.5) is 23.2 Å². The summed E-state index contributed by atoms with van der Waals surface area (Å²) in [5, 5.41) is 1.50. The van der Waals surface area contributed by atoms with Crippen LogP contribution >= 0.6 is 0 Å². The summed E-state index contributed by atoms with van der Waals surface area (Å²) in [6.45, 7) is 1.22. The molecule has 0 saturated heterocycles. The van der Waals surface area contributed by atoms with Crippen molar-refractivity contribution in [2.45, 2.75) is 25.6 Å². The fourth-order valence-corrected chi connectivity index (χ4v) is 2.33. The summed E-state index contributed by atoms with van der Waals surface area (Å²) < 4.78 is 51.0. The van der Waals surface area contributed by atoms with E-state index in [9.17, 15) is 31.9 Å². The number of benzene rings is 1. The lowest BCUT2D eigenvalue weighted by Gasteiger charge is -2.18. The van der Waals surface area contributed by atoms with E-state index in [4.69, 9.17) is 0 Å². The Hall–Kier alpha value is -2.97. The van der Waals surface area contributed by atoms with Gasteiger partial charge in [-0.1, -0.05) is 12.1 Å². The van der Waals surface area contributed by atoms with Crippen LogP contribution in [0.3, 0.4) is 0 Å². The number of nitrogens with one attached hydrogen (secondary N) is 1. The molecule has 0 saturated carbocycles. The third-order valence-electron chi connectivity index (χ3n) is 3.63. The molecule has 1 amide bonds. The van der Waals surface area contributed by atoms with Gasteiger partial charge in [-0.15, -0.1) is 0 Å². The zero-order valence-electron chi connectivity index (χ0n) is 13.5. The summed E-state index contributed by atoms with van der Waals surface area (Å²) in [7, 11) is 0. The highest BCUT2D eigenvalue weighted by Gasteiger charge is 2.39. The van der Waals surface area contributed by atoms with Gasteiger partial charge in [0.05, 0.1) is 6.04 Å². The minimum absolute atomic E-state index is 0.0339. The van der Waals surface area contributed by atoms with Gasteiger partial charge in [-0.3, -0.25) is 14.4 Å². The van der Waals surface area contributed by atoms with Crippen LogP contribution in [0.1, 0.15) is 18.5 Å². The summed E-state index contributed by atoms with van der Waals surface area (Å²) in [6, 6.07) is 6.49. The van der Waals surface area contributed by atoms with Crippen LogP contribution in [0.25, 0.3) is 0 Å². The van der Waals surface area contributed by atoms with E-state index in [2.05, 4.69) is 0 Å². The molecule has 0 unspecified atom stereocenters. The number of Topliss-reactive ketones (excluding diaryl/α,β-unsaturated/α-hetero) is 1. The number of hydrogen-bond acceptors (Lipinski definition) is 3. The van der Waals surface area contributed by atoms with Gasteiger partial charge in [-0.2, -0.15) is 13.2 Å². The first-order chi connectivity index (χ1) is 12.1. The van der Waals surface area contributed by atoms with Crippen molar-refractivity contribution in [2.24, 2.45) is 0 Å². The van der Waals surface area contributed by atoms with Gasteiger partial charge < -0.3 is 9.88 Å². The first-order valence-electron chi connectivity index (χ1n) is 7.44. The molecule has 0 bridgehead atoms. The molecule has 1 heterocycles. The van der Waals surface area contributed by atoms with Crippen LogP contribution < -0.4 is 10.9 Å². The second kappa shape index (κ2) is 7.51. The van der Waals surface area contributed by atoms with Crippen molar-refractivity contribution in [2.75, 3.05) is 5.32 Å². The molecule has 0 aliphatic carbocycles. The third-order valence-corrected chi connectivity index (χ3v) is 3.63. The maximum absolute atomic E-state index is 13.0. The number of pyridine rings is 1. The monoisotopic (exact) mass is 370 g/mol. The largest absolute Gasteiger partial charge is 0.471 e. The van der Waals surface area contributed by atoms with Gasteiger partial charge >= 0.3 is 12.1 Å². The van der Waals surface area contributed by atoms with Crippen LogP contribution in [0, 0.1) is 5.82 Å². The van der Waals surface area contributed by atoms with Gasteiger partial charge in [0.25, 0.3) is 5.56 Å². The van der Waals surface area contributed by atoms with Crippen LogP contribution in [0.5, 0.6) is 0 Å². The lowest BCUT2D eigenvalue weighted by molar-refractivity contribution is -0.167. The summed E-state index contributed by atoms with van der Waals surface area (Å²) in [5.74, 6) is -3.18. The molecule has 2 rings (SSSR count). The number of aromatic nitrogens is 1. The van der Waals surface area contributed by atoms with Crippen molar-refractivity contribution in [3.8, 4) is 0 Å². The van der Waals surface area contributed by atoms with Crippen molar-refractivity contribution in [3.63, 3.8) is 0 Å². The SMILES string of the molecule is CC(=O)[C@H](Cc1ccc(F)cc1)n1cccc(NC(=O)C(F)(F)F)c1=O. The number of anilines is 1. The maximum atomic E-state index is 13.0. The van der Waals surface area contributed by atoms with E-state index in [1.54, 1.807) is 0 Å². The molecule has 1 aromatic heterocycles. The minimum atomic E-state index is -5.15. The van der Waals surface area contributed by atoms with Gasteiger partial charge in [0, 0.05) is 12.6 Å². The fourth-order valence-electron chi connectivity index (χ4n) is 2.33. The molecule has 1 N–H and O–H groups in total. The highest BCUT2D eigenvalue weighted by molar-refractivity contribution is 5.94. The van der Waals surface area contributed by atoms with Crippen molar-refractivity contribution in [1.29, 1.82) is 0 Å². The predicted octanol–water partition coefficient (Wildman–Crippen LogP) is 2.86. The van der Waals surface area contributed by atoms with Gasteiger partial charge in [-0.05, 0) is 36.8 Å². The molecule has 26 heavy (non-hydrogen) atoms. The first-order valence-corrected chi connectivity index (χ1v) is 7.44. The van der Waals surface area contributed by atoms with E-state index in [0.717, 1.165) is 10.6 Å². The number of ketones is 1. The number of amides is 1. The maximum Gasteiger partial charge on any atom is 0.471 e. The lowest BCUT2D eigenvalue weighted by Crippen LogP contribution is -2.36. The molecule has 138 valence electrons. The number of rotatable bonds is 5. The van der Waals surface area contributed by atoms with Crippen LogP contribution in [0.2, 0.25) is 0 Å². The summed E-state index contributed by atoms with van der Waals surface area (Å²) in [6.07, 6.45) is -3.88. The molecule has 0 spiro atoms. The number of nitrogens with zero attached hydrogens (tertiary/aromatic N) is 1. The highest BCUT2D eigenvalue weighted by Crippen LogP contribution is 2.18. The standard InChI is InChI=1S/C17H14F4N2O3/c1-10(24)14(9-11-4-6-12(18)7-5-11)23-8-2-3-13(15(23)25)22-16(26)17(19,20)21/h2-8,14H,9H2,1H3,(H,22,26)/t14-/m0/s1. The molecular weight excluding hydrogens is 356 g/mol. The molecule has 0 aliphatic rings. The topological polar surface area (TPSA) is 68.2 Å². The quantitative estimate of drug-likeness (QED) is 0.823. The van der Waals surface area contributed by atoms with Crippen molar-refractivity contribution < 1.29 is 27.2 Å². The first kappa shape index (κ1) is 19.4. The zero-order valence-corrected chi connectivity index (χ0v) is 13.5. The number of carbonyl (C=O) groups excluding carboxylic acids is 2. The Balaban J connectivity index is 2.36. The van der Waals surface area contributed by atoms with E-state index in [-0.39, 0.29) is 6.42 Å². The average Bonchev–Trinajstić information content (AvgIpc) is 2.55. The molecule has 1 atom stereocenters.